The summed E-state index contributed by atoms with van der Waals surface area (Å²) in [7, 11) is 8.17. The average molecular weight is 401 g/mol. The maximum absolute atomic E-state index is 6.47. The quantitative estimate of drug-likeness (QED) is 0.824. The largest absolute Gasteiger partial charge is 0.493 e. The molecule has 0 unspecified atom stereocenters. The lowest BCUT2D eigenvalue weighted by Gasteiger charge is -2.38. The Bertz CT molecular complexity index is 899. The molecular formula is C22H27NO6. The first kappa shape index (κ1) is 19.8. The number of methoxy groups -OCH3 is 5. The summed E-state index contributed by atoms with van der Waals surface area (Å²) in [5.74, 6) is 2.68. The van der Waals surface area contributed by atoms with Crippen molar-refractivity contribution in [2.75, 3.05) is 42.1 Å². The van der Waals surface area contributed by atoms with Crippen LogP contribution in [0.15, 0.2) is 24.3 Å². The second-order valence-corrected chi connectivity index (χ2v) is 7.02. The van der Waals surface area contributed by atoms with Crippen molar-refractivity contribution in [3.63, 3.8) is 0 Å². The van der Waals surface area contributed by atoms with E-state index in [9.17, 15) is 0 Å². The third kappa shape index (κ3) is 3.19. The summed E-state index contributed by atoms with van der Waals surface area (Å²) in [5, 5.41) is 3.64. The zero-order valence-corrected chi connectivity index (χ0v) is 17.4. The van der Waals surface area contributed by atoms with Crippen LogP contribution >= 0.6 is 0 Å². The van der Waals surface area contributed by atoms with Crippen LogP contribution in [0, 0.1) is 0 Å². The number of ether oxygens (including phenoxy) is 6. The molecule has 0 fully saturated rings. The van der Waals surface area contributed by atoms with E-state index >= 15 is 0 Å². The van der Waals surface area contributed by atoms with E-state index in [2.05, 4.69) is 11.4 Å². The normalized spacial score (nSPS) is 22.6. The van der Waals surface area contributed by atoms with Crippen LogP contribution in [-0.2, 0) is 15.9 Å². The van der Waals surface area contributed by atoms with Gasteiger partial charge in [-0.25, -0.2) is 0 Å². The lowest BCUT2D eigenvalue weighted by molar-refractivity contribution is -0.181. The molecule has 2 aliphatic rings. The molecule has 0 aromatic heterocycles. The van der Waals surface area contributed by atoms with Crippen molar-refractivity contribution in [1.29, 1.82) is 0 Å². The first-order valence-electron chi connectivity index (χ1n) is 9.58. The summed E-state index contributed by atoms with van der Waals surface area (Å²) in [5.41, 5.74) is 4.17. The summed E-state index contributed by atoms with van der Waals surface area (Å²) < 4.78 is 34.4. The number of fused-ring (bicyclic) bond motifs is 5. The highest BCUT2D eigenvalue weighted by Gasteiger charge is 2.41. The van der Waals surface area contributed by atoms with Crippen molar-refractivity contribution in [1.82, 2.24) is 5.32 Å². The van der Waals surface area contributed by atoms with E-state index in [1.807, 2.05) is 18.2 Å². The maximum atomic E-state index is 6.47. The second-order valence-electron chi connectivity index (χ2n) is 7.02. The van der Waals surface area contributed by atoms with Crippen LogP contribution in [-0.4, -0.2) is 42.1 Å². The number of rotatable bonds is 5. The fourth-order valence-electron chi connectivity index (χ4n) is 4.35. The Labute approximate surface area is 170 Å². The summed E-state index contributed by atoms with van der Waals surface area (Å²) in [6, 6.07) is 7.97. The molecule has 2 heterocycles. The van der Waals surface area contributed by atoms with Gasteiger partial charge in [-0.15, -0.1) is 0 Å². The molecule has 3 atom stereocenters. The van der Waals surface area contributed by atoms with Crippen LogP contribution in [0.4, 0.5) is 0 Å². The highest BCUT2D eigenvalue weighted by molar-refractivity contribution is 5.55. The molecule has 4 rings (SSSR count). The van der Waals surface area contributed by atoms with Crippen LogP contribution in [0.3, 0.4) is 0 Å². The Morgan fingerprint density at radius 1 is 0.862 bits per heavy atom. The minimum absolute atomic E-state index is 0.0597. The van der Waals surface area contributed by atoms with E-state index in [1.165, 1.54) is 5.56 Å². The highest BCUT2D eigenvalue weighted by atomic mass is 16.7. The van der Waals surface area contributed by atoms with Gasteiger partial charge in [0, 0.05) is 7.11 Å². The van der Waals surface area contributed by atoms with Crippen molar-refractivity contribution in [2.45, 2.75) is 24.9 Å². The van der Waals surface area contributed by atoms with Crippen LogP contribution in [0.5, 0.6) is 23.0 Å². The molecule has 7 heteroatoms. The van der Waals surface area contributed by atoms with Gasteiger partial charge in [0.1, 0.15) is 6.10 Å². The number of nitrogens with one attached hydrogen (secondary N) is 1. The average Bonchev–Trinajstić information content (AvgIpc) is 2.95. The maximum Gasteiger partial charge on any atom is 0.188 e. The van der Waals surface area contributed by atoms with Crippen LogP contribution in [0.1, 0.15) is 40.7 Å². The molecule has 1 N–H and O–H groups in total. The third-order valence-corrected chi connectivity index (χ3v) is 5.69. The first-order chi connectivity index (χ1) is 14.2. The van der Waals surface area contributed by atoms with Crippen LogP contribution in [0.25, 0.3) is 0 Å². The summed E-state index contributed by atoms with van der Waals surface area (Å²) in [6.07, 6.45) is 0.0202. The fraction of sp³-hybridized carbons (Fsp3) is 0.455. The van der Waals surface area contributed by atoms with Gasteiger partial charge in [-0.2, -0.15) is 0 Å². The Morgan fingerprint density at radius 2 is 1.59 bits per heavy atom. The molecule has 0 aliphatic carbocycles. The molecule has 7 nitrogen and oxygen atoms in total. The fourth-order valence-corrected chi connectivity index (χ4v) is 4.35. The molecule has 2 aromatic rings. The van der Waals surface area contributed by atoms with Gasteiger partial charge in [-0.1, -0.05) is 6.07 Å². The highest BCUT2D eigenvalue weighted by Crippen LogP contribution is 2.52. The van der Waals surface area contributed by atoms with E-state index in [1.54, 1.807) is 35.5 Å². The van der Waals surface area contributed by atoms with Gasteiger partial charge in [0.2, 0.25) is 0 Å². The Hall–Kier alpha value is -2.48. The van der Waals surface area contributed by atoms with Gasteiger partial charge >= 0.3 is 0 Å². The molecule has 0 radical (unpaired) electrons. The van der Waals surface area contributed by atoms with Gasteiger partial charge in [-0.05, 0) is 47.9 Å². The molecule has 0 spiro atoms. The van der Waals surface area contributed by atoms with Crippen molar-refractivity contribution in [3.8, 4) is 23.0 Å². The van der Waals surface area contributed by atoms with Gasteiger partial charge in [0.25, 0.3) is 0 Å². The van der Waals surface area contributed by atoms with E-state index < -0.39 is 6.29 Å². The van der Waals surface area contributed by atoms with E-state index in [0.29, 0.717) is 17.2 Å². The van der Waals surface area contributed by atoms with Crippen molar-refractivity contribution < 1.29 is 28.4 Å². The monoisotopic (exact) mass is 401 g/mol. The third-order valence-electron chi connectivity index (χ3n) is 5.69. The summed E-state index contributed by atoms with van der Waals surface area (Å²) >= 11 is 0. The molecule has 0 amide bonds. The van der Waals surface area contributed by atoms with Gasteiger partial charge in [-0.3, -0.25) is 0 Å². The molecule has 0 saturated carbocycles. The predicted octanol–water partition coefficient (Wildman–Crippen LogP) is 3.32. The number of hydrogen-bond donors (Lipinski definition) is 1. The number of benzene rings is 2. The van der Waals surface area contributed by atoms with Gasteiger partial charge in [0.15, 0.2) is 29.3 Å². The standard InChI is InChI=1S/C22H27NO6/c1-24-15-7-6-13-18(21(15)27-4)22(28-5)29-20-14-11-17(26-3)16(25-2)10-12(14)8-9-23-19(13)20/h6-7,10-11,19-20,22-23H,8-9H2,1-5H3/t19-,20+,22+/m1/s1. The smallest absolute Gasteiger partial charge is 0.188 e. The Morgan fingerprint density at radius 3 is 2.24 bits per heavy atom. The zero-order valence-electron chi connectivity index (χ0n) is 17.4. The first-order valence-corrected chi connectivity index (χ1v) is 9.58. The lowest BCUT2D eigenvalue weighted by atomic mass is 9.87. The van der Waals surface area contributed by atoms with Crippen molar-refractivity contribution in [3.05, 3.63) is 46.5 Å². The SMILES string of the molecule is COc1cc2c(cc1OC)[C@@H]1O[C@H](OC)c3c(ccc(OC)c3OC)[C@H]1NCC2. The summed E-state index contributed by atoms with van der Waals surface area (Å²) in [6.45, 7) is 0.804. The Kier molecular flexibility index (Phi) is 5.54. The molecule has 0 bridgehead atoms. The minimum Gasteiger partial charge on any atom is -0.493 e. The van der Waals surface area contributed by atoms with Crippen molar-refractivity contribution >= 4 is 0 Å². The molecule has 0 saturated heterocycles. The lowest BCUT2D eigenvalue weighted by Crippen LogP contribution is -2.34. The topological polar surface area (TPSA) is 67.4 Å². The molecular weight excluding hydrogens is 374 g/mol. The number of hydrogen-bond acceptors (Lipinski definition) is 7. The second kappa shape index (κ2) is 8.10. The predicted molar refractivity (Wildman–Crippen MR) is 107 cm³/mol. The van der Waals surface area contributed by atoms with E-state index in [-0.39, 0.29) is 12.1 Å². The van der Waals surface area contributed by atoms with Crippen molar-refractivity contribution in [2.24, 2.45) is 0 Å². The molecule has 2 aromatic carbocycles. The Balaban J connectivity index is 1.88. The minimum atomic E-state index is -0.586. The van der Waals surface area contributed by atoms with E-state index in [0.717, 1.165) is 35.4 Å². The summed E-state index contributed by atoms with van der Waals surface area (Å²) in [4.78, 5) is 0. The molecule has 29 heavy (non-hydrogen) atoms. The molecule has 156 valence electrons. The van der Waals surface area contributed by atoms with Crippen LogP contribution in [0.2, 0.25) is 0 Å². The molecule has 2 aliphatic heterocycles. The van der Waals surface area contributed by atoms with Gasteiger partial charge < -0.3 is 33.7 Å². The van der Waals surface area contributed by atoms with E-state index in [4.69, 9.17) is 28.4 Å². The zero-order chi connectivity index (χ0) is 20.5. The van der Waals surface area contributed by atoms with Gasteiger partial charge in [0.05, 0.1) is 40.0 Å². The van der Waals surface area contributed by atoms with Crippen LogP contribution < -0.4 is 24.3 Å².